The fourth-order valence-electron chi connectivity index (χ4n) is 11.3. The summed E-state index contributed by atoms with van der Waals surface area (Å²) in [6.07, 6.45) is 11.5. The van der Waals surface area contributed by atoms with Gasteiger partial charge >= 0.3 is 18.0 Å². The maximum atomic E-state index is 12.6. The summed E-state index contributed by atoms with van der Waals surface area (Å²) >= 11 is 27.0. The smallest absolute Gasteiger partial charge is 0.410 e. The van der Waals surface area contributed by atoms with Crippen LogP contribution in [0.3, 0.4) is 0 Å². The van der Waals surface area contributed by atoms with E-state index in [0.29, 0.717) is 51.0 Å². The van der Waals surface area contributed by atoms with E-state index in [-0.39, 0.29) is 51.9 Å². The number of aliphatic hydroxyl groups excluding tert-OH is 1. The number of carbonyl (C=O) groups excluding carboxylic acids is 1. The maximum Gasteiger partial charge on any atom is 0.410 e. The van der Waals surface area contributed by atoms with E-state index in [4.69, 9.17) is 52.7 Å². The van der Waals surface area contributed by atoms with E-state index >= 15 is 0 Å². The molecule has 0 atom stereocenters. The molecular weight excluding hydrogens is 2220 g/mol. The van der Waals surface area contributed by atoms with Gasteiger partial charge in [-0.3, -0.25) is 4.18 Å². The molecule has 0 unspecified atom stereocenters. The third kappa shape index (κ3) is 40.6. The topological polar surface area (TPSA) is 223 Å². The zero-order valence-corrected chi connectivity index (χ0v) is 87.7. The summed E-state index contributed by atoms with van der Waals surface area (Å²) in [5.41, 5.74) is 6.37. The number of piperidine rings is 1. The summed E-state index contributed by atoms with van der Waals surface area (Å²) in [6, 6.07) is 71.2. The Kier molecular flexibility index (Phi) is 52.9. The van der Waals surface area contributed by atoms with Crippen molar-refractivity contribution in [2.45, 2.75) is 144 Å². The standard InChI is InChI=1S/C28H27BrOP.C20H28BrNO3.C11H15BrO4S.C10H12Br2O.C10H11BrO3.C10H13BrO2.C7H4BrFO2.BrH/c1-2-20-30-28-21-23(18-19-27(28)29)22-31(24-12-6-3-7-13-24,25-14-8-4-9-15-25)26-16-10-5-11-17-26;1-5-12-24-18-14-16(6-7-17(18)21)13-15-8-10-22(11-9-15)19(23)25-20(2,3)4;1-3-6-15-11-7-9(4-5-10(11)12)8-16-17(2,13)14;1-2-5-13-10-6-8(7-11)3-4-9(10)12;1-2-5-14-9-6-7(10(12)13)3-4-8(9)11;1-2-5-13-10-6-8(7-12)3-4-9(10)11;8-5-2-1-4(7(10)11)3-6(5)9;/h3-19,21H,2,20,22H2,1H3;6-7,13-14H,5,8-12H2,1-4H3;4-5,7H,3,6,8H2,1-2H3;3-4,6H,2,5,7H2,1H3;3-4,6H,2,5H2,1H3,(H,12,13);3-4,6,12H,2,5,7H2,1H3;1-3H,(H,10,11);1H/q+1;;;;;;;/p-1. The van der Waals surface area contributed by atoms with Crippen molar-refractivity contribution in [3.05, 3.63) is 300 Å². The first-order valence-corrected chi connectivity index (χ1v) is 50.9. The Bertz CT molecular complexity index is 4910. The SMILES string of the molecule is CCCOc1cc(C(=O)O)ccc1Br.CCCOc1cc(C=C2CCN(C(=O)OC(C)(C)C)CC2)ccc1Br.CCCOc1cc(CBr)ccc1Br.CCCOc1cc(CO)ccc1Br.CCCOc1cc(COS(C)(=O)=O)ccc1Br.CCCOc1cc(C[P+](c2ccccc2)(c2ccccc2)c2ccccc2)ccc1Br.O=C(O)c1ccc(Br)c(F)c1.[Br-]. The first-order chi connectivity index (χ1) is 59.2. The molecule has 125 heavy (non-hydrogen) atoms. The third-order valence-electron chi connectivity index (χ3n) is 17.3. The summed E-state index contributed by atoms with van der Waals surface area (Å²) in [5.74, 6) is 2.16. The summed E-state index contributed by atoms with van der Waals surface area (Å²) in [5, 5.41) is 31.1. The number of likely N-dealkylation sites (tertiary alicyclic amines) is 1. The quantitative estimate of drug-likeness (QED) is 0.0209. The molecule has 1 saturated heterocycles. The van der Waals surface area contributed by atoms with Crippen molar-refractivity contribution in [3.63, 3.8) is 0 Å². The van der Waals surface area contributed by atoms with Crippen LogP contribution in [0.25, 0.3) is 6.08 Å². The van der Waals surface area contributed by atoms with Crippen LogP contribution in [0.5, 0.6) is 34.5 Å². The molecule has 1 aliphatic rings. The Labute approximate surface area is 815 Å². The predicted octanol–water partition coefficient (Wildman–Crippen LogP) is 24.2. The maximum absolute atomic E-state index is 12.6. The van der Waals surface area contributed by atoms with Gasteiger partial charge in [-0.1, -0.05) is 154 Å². The molecule has 0 saturated carbocycles. The number of rotatable bonds is 31. The molecule has 29 heteroatoms. The lowest BCUT2D eigenvalue weighted by Gasteiger charge is -2.31. The molecule has 1 heterocycles. The van der Waals surface area contributed by atoms with Gasteiger partial charge in [-0.25, -0.2) is 18.8 Å². The fourth-order valence-corrected chi connectivity index (χ4v) is 18.6. The van der Waals surface area contributed by atoms with Crippen LogP contribution < -0.4 is 61.3 Å². The van der Waals surface area contributed by atoms with Gasteiger partial charge in [-0.2, -0.15) is 8.42 Å². The van der Waals surface area contributed by atoms with Crippen molar-refractivity contribution in [3.8, 4) is 34.5 Å². The van der Waals surface area contributed by atoms with E-state index in [9.17, 15) is 27.2 Å². The Hall–Kier alpha value is -6.50. The molecular formula is C96H110Br9FNO16PS. The minimum Gasteiger partial charge on any atom is -1.00 e. The van der Waals surface area contributed by atoms with Crippen molar-refractivity contribution >= 4 is 185 Å². The van der Waals surface area contributed by atoms with Gasteiger partial charge in [0.1, 0.15) is 69.1 Å². The molecule has 11 rings (SSSR count). The first-order valence-electron chi connectivity index (χ1n) is 40.4. The van der Waals surface area contributed by atoms with Gasteiger partial charge in [0, 0.05) is 18.4 Å². The van der Waals surface area contributed by atoms with Gasteiger partial charge in [0.05, 0.1) is 108 Å². The van der Waals surface area contributed by atoms with E-state index in [2.05, 4.69) is 295 Å². The van der Waals surface area contributed by atoms with Gasteiger partial charge in [0.25, 0.3) is 10.1 Å². The number of nitrogens with zero attached hydrogens (tertiary/aromatic N) is 1. The number of amides is 1. The minimum atomic E-state index is -3.41. The number of alkyl halides is 1. The molecule has 10 aromatic carbocycles. The average molecular weight is 2340 g/mol. The first kappa shape index (κ1) is 111. The largest absolute Gasteiger partial charge is 1.00 e. The highest BCUT2D eigenvalue weighted by Gasteiger charge is 2.45. The summed E-state index contributed by atoms with van der Waals surface area (Å²) < 4.78 is 84.0. The molecule has 0 radical (unpaired) electrons. The zero-order chi connectivity index (χ0) is 91.2. The highest BCUT2D eigenvalue weighted by Crippen LogP contribution is 2.58. The number of carboxylic acids is 2. The Morgan fingerprint density at radius 3 is 1.14 bits per heavy atom. The van der Waals surface area contributed by atoms with Crippen LogP contribution in [0.1, 0.15) is 162 Å². The molecule has 0 aromatic heterocycles. The summed E-state index contributed by atoms with van der Waals surface area (Å²) in [7, 11) is -5.32. The molecule has 0 bridgehead atoms. The lowest BCUT2D eigenvalue weighted by Crippen LogP contribution is -3.00. The molecule has 1 aliphatic heterocycles. The van der Waals surface area contributed by atoms with Crippen LogP contribution in [0.4, 0.5) is 9.18 Å². The number of hydrogen-bond acceptors (Lipinski definition) is 14. The molecule has 0 aliphatic carbocycles. The van der Waals surface area contributed by atoms with Crippen molar-refractivity contribution in [1.82, 2.24) is 4.90 Å². The highest BCUT2D eigenvalue weighted by atomic mass is 79.9. The molecule has 10 aromatic rings. The van der Waals surface area contributed by atoms with Crippen LogP contribution in [0, 0.1) is 5.82 Å². The number of aromatic carboxylic acids is 2. The van der Waals surface area contributed by atoms with Crippen LogP contribution in [0.15, 0.2) is 255 Å². The highest BCUT2D eigenvalue weighted by molar-refractivity contribution is 9.11. The number of hydrogen-bond donors (Lipinski definition) is 3. The van der Waals surface area contributed by atoms with Crippen LogP contribution >= 0.6 is 135 Å². The summed E-state index contributed by atoms with van der Waals surface area (Å²) in [6.45, 7) is 23.7. The minimum absolute atomic E-state index is 0. The molecule has 676 valence electrons. The molecule has 1 fully saturated rings. The van der Waals surface area contributed by atoms with Crippen molar-refractivity contribution in [2.24, 2.45) is 0 Å². The number of halogens is 10. The van der Waals surface area contributed by atoms with Crippen molar-refractivity contribution in [1.29, 1.82) is 0 Å². The predicted molar refractivity (Wildman–Crippen MR) is 530 cm³/mol. The number of ether oxygens (including phenoxy) is 7. The van der Waals surface area contributed by atoms with E-state index < -0.39 is 40.7 Å². The number of aliphatic hydroxyl groups is 1. The van der Waals surface area contributed by atoms with E-state index in [0.717, 1.165) is 155 Å². The molecule has 1 amide bonds. The van der Waals surface area contributed by atoms with Gasteiger partial charge in [0.2, 0.25) is 0 Å². The zero-order valence-electron chi connectivity index (χ0n) is 71.7. The van der Waals surface area contributed by atoms with E-state index in [1.54, 1.807) is 23.1 Å². The number of carboxylic acid groups (broad SMARTS) is 2. The number of benzene rings is 10. The second-order valence-corrected chi connectivity index (χ2v) is 40.4. The van der Waals surface area contributed by atoms with E-state index in [1.807, 2.05) is 71.0 Å². The molecule has 0 spiro atoms. The van der Waals surface area contributed by atoms with Crippen molar-refractivity contribution < 1.29 is 96.8 Å². The van der Waals surface area contributed by atoms with Gasteiger partial charge in [-0.15, -0.1) is 0 Å². The van der Waals surface area contributed by atoms with Gasteiger partial charge in [0.15, 0.2) is 0 Å². The number of carbonyl (C=O) groups is 3. The second-order valence-electron chi connectivity index (χ2n) is 28.7. The Balaban J connectivity index is 0.000000316. The van der Waals surface area contributed by atoms with Crippen molar-refractivity contribution in [2.75, 3.05) is 59.0 Å². The summed E-state index contributed by atoms with van der Waals surface area (Å²) in [4.78, 5) is 34.9. The lowest BCUT2D eigenvalue weighted by molar-refractivity contribution is -0.000101. The van der Waals surface area contributed by atoms with Crippen LogP contribution in [0.2, 0.25) is 0 Å². The molecule has 3 N–H and O–H groups in total. The van der Waals surface area contributed by atoms with E-state index in [1.165, 1.54) is 56.9 Å². The monoisotopic (exact) mass is 2320 g/mol. The average Bonchev–Trinajstić information content (AvgIpc) is 0.749. The second kappa shape index (κ2) is 59.7. The molecule has 17 nitrogen and oxygen atoms in total. The lowest BCUT2D eigenvalue weighted by atomic mass is 10.0. The fraction of sp³-hybridized carbons (Fsp3) is 0.323. The Morgan fingerprint density at radius 1 is 0.448 bits per heavy atom. The third-order valence-corrected chi connectivity index (χ3v) is 27.4. The van der Waals surface area contributed by atoms with Crippen LogP contribution in [-0.4, -0.2) is 111 Å². The Morgan fingerprint density at radius 2 is 0.776 bits per heavy atom. The normalized spacial score (nSPS) is 11.4. The van der Waals surface area contributed by atoms with Gasteiger partial charge in [-0.05, 0) is 345 Å². The van der Waals surface area contributed by atoms with Gasteiger partial charge < -0.3 is 70.4 Å². The van der Waals surface area contributed by atoms with Crippen LogP contribution in [-0.2, 0) is 43.7 Å².